The van der Waals surface area contributed by atoms with E-state index in [1.807, 2.05) is 68.4 Å². The summed E-state index contributed by atoms with van der Waals surface area (Å²) in [5.41, 5.74) is 5.45. The first-order valence-electron chi connectivity index (χ1n) is 14.1. The van der Waals surface area contributed by atoms with Gasteiger partial charge in [-0.05, 0) is 60.9 Å². The number of hydrogen-bond donors (Lipinski definition) is 2. The van der Waals surface area contributed by atoms with E-state index in [0.717, 1.165) is 33.3 Å². The van der Waals surface area contributed by atoms with Crippen molar-refractivity contribution in [2.24, 2.45) is 0 Å². The largest absolute Gasteiger partial charge is 0.493 e. The van der Waals surface area contributed by atoms with Gasteiger partial charge >= 0.3 is 5.97 Å². The quantitative estimate of drug-likeness (QED) is 0.158. The summed E-state index contributed by atoms with van der Waals surface area (Å²) >= 11 is 6.52. The molecule has 0 aliphatic carbocycles. The first kappa shape index (κ1) is 29.2. The zero-order valence-corrected chi connectivity index (χ0v) is 24.4. The third-order valence-corrected chi connectivity index (χ3v) is 7.42. The highest BCUT2D eigenvalue weighted by molar-refractivity contribution is 6.31. The molecule has 1 heterocycles. The molecule has 0 fully saturated rings. The predicted molar refractivity (Wildman–Crippen MR) is 166 cm³/mol. The summed E-state index contributed by atoms with van der Waals surface area (Å²) < 4.78 is 14.2. The standard InChI is InChI=1S/C35H34ClNO5/c1-23(2)42-33-22-27(14-15-29(33)35(39)40)41-20-18-28-30-21-26(36)13-16-31(30)37(32(28)17-19-38)34(24-9-5-3-6-10-24)25-11-7-4-8-12-25/h3-16,21-23,34,38H,17-20H2,1-2H3,(H,39,40). The van der Waals surface area contributed by atoms with Crippen LogP contribution in [0.1, 0.15) is 52.6 Å². The first-order valence-corrected chi connectivity index (χ1v) is 14.4. The normalized spacial score (nSPS) is 11.4. The molecule has 0 saturated carbocycles. The number of nitrogens with zero attached hydrogens (tertiary/aromatic N) is 1. The Morgan fingerprint density at radius 2 is 1.55 bits per heavy atom. The summed E-state index contributed by atoms with van der Waals surface area (Å²) in [6.45, 7) is 4.02. The van der Waals surface area contributed by atoms with Crippen molar-refractivity contribution in [3.8, 4) is 11.5 Å². The number of aliphatic hydroxyl groups excluding tert-OH is 1. The molecule has 0 saturated heterocycles. The van der Waals surface area contributed by atoms with Crippen molar-refractivity contribution in [3.05, 3.63) is 130 Å². The number of benzene rings is 4. The number of carboxylic acid groups (broad SMARTS) is 1. The van der Waals surface area contributed by atoms with Gasteiger partial charge in [0, 0.05) is 47.1 Å². The van der Waals surface area contributed by atoms with Gasteiger partial charge in [-0.3, -0.25) is 0 Å². The minimum absolute atomic E-state index is 0.0131. The molecule has 7 heteroatoms. The molecule has 0 spiro atoms. The lowest BCUT2D eigenvalue weighted by atomic mass is 9.97. The Bertz CT molecular complexity index is 1620. The molecule has 6 nitrogen and oxygen atoms in total. The molecule has 5 rings (SSSR count). The minimum atomic E-state index is -1.05. The SMILES string of the molecule is CC(C)Oc1cc(OCCc2c(CCO)n(C(c3ccccc3)c3ccccc3)c3ccc(Cl)cc23)ccc1C(=O)O. The molecule has 0 unspecified atom stereocenters. The Hall–Kier alpha value is -4.26. The summed E-state index contributed by atoms with van der Waals surface area (Å²) in [6.07, 6.45) is 0.825. The number of halogens is 1. The van der Waals surface area contributed by atoms with Crippen LogP contribution in [0.2, 0.25) is 5.02 Å². The Labute approximate surface area is 250 Å². The van der Waals surface area contributed by atoms with Crippen molar-refractivity contribution >= 4 is 28.5 Å². The van der Waals surface area contributed by atoms with Gasteiger partial charge in [0.1, 0.15) is 17.1 Å². The van der Waals surface area contributed by atoms with E-state index in [9.17, 15) is 15.0 Å². The van der Waals surface area contributed by atoms with E-state index in [0.29, 0.717) is 30.2 Å². The summed E-state index contributed by atoms with van der Waals surface area (Å²) in [4.78, 5) is 11.7. The van der Waals surface area contributed by atoms with Crippen LogP contribution in [-0.4, -0.2) is 40.1 Å². The van der Waals surface area contributed by atoms with Crippen LogP contribution in [0.25, 0.3) is 10.9 Å². The van der Waals surface area contributed by atoms with E-state index >= 15 is 0 Å². The molecule has 42 heavy (non-hydrogen) atoms. The average Bonchev–Trinajstić information content (AvgIpc) is 3.26. The number of aromatic nitrogens is 1. The number of rotatable bonds is 12. The second kappa shape index (κ2) is 13.1. The zero-order valence-electron chi connectivity index (χ0n) is 23.7. The van der Waals surface area contributed by atoms with Crippen molar-refractivity contribution in [1.29, 1.82) is 0 Å². The van der Waals surface area contributed by atoms with E-state index in [1.165, 1.54) is 6.07 Å². The Kier molecular flexibility index (Phi) is 9.15. The highest BCUT2D eigenvalue weighted by atomic mass is 35.5. The molecule has 0 radical (unpaired) electrons. The fourth-order valence-corrected chi connectivity index (χ4v) is 5.68. The third kappa shape index (κ3) is 6.30. The second-order valence-corrected chi connectivity index (χ2v) is 10.8. The van der Waals surface area contributed by atoms with Crippen LogP contribution in [-0.2, 0) is 12.8 Å². The van der Waals surface area contributed by atoms with E-state index in [1.54, 1.807) is 12.1 Å². The highest BCUT2D eigenvalue weighted by Crippen LogP contribution is 2.38. The molecule has 0 atom stereocenters. The maximum atomic E-state index is 11.7. The van der Waals surface area contributed by atoms with E-state index in [4.69, 9.17) is 21.1 Å². The Balaban J connectivity index is 1.56. The first-order chi connectivity index (χ1) is 20.4. The van der Waals surface area contributed by atoms with Crippen molar-refractivity contribution in [2.45, 2.75) is 38.8 Å². The maximum absolute atomic E-state index is 11.7. The molecule has 0 bridgehead atoms. The lowest BCUT2D eigenvalue weighted by Gasteiger charge is -2.24. The molecule has 0 amide bonds. The van der Waals surface area contributed by atoms with E-state index in [-0.39, 0.29) is 30.1 Å². The van der Waals surface area contributed by atoms with Crippen molar-refractivity contribution in [1.82, 2.24) is 4.57 Å². The van der Waals surface area contributed by atoms with Gasteiger partial charge in [-0.25, -0.2) is 4.79 Å². The van der Waals surface area contributed by atoms with Crippen LogP contribution < -0.4 is 9.47 Å². The van der Waals surface area contributed by atoms with Crippen LogP contribution in [0.15, 0.2) is 97.1 Å². The van der Waals surface area contributed by atoms with Crippen LogP contribution >= 0.6 is 11.6 Å². The van der Waals surface area contributed by atoms with Crippen LogP contribution in [0.4, 0.5) is 0 Å². The summed E-state index contributed by atoms with van der Waals surface area (Å²) in [6, 6.07) is 31.3. The van der Waals surface area contributed by atoms with Crippen molar-refractivity contribution in [2.75, 3.05) is 13.2 Å². The lowest BCUT2D eigenvalue weighted by Crippen LogP contribution is -2.17. The molecule has 0 aliphatic heterocycles. The number of carboxylic acids is 1. The number of carbonyl (C=O) groups is 1. The zero-order chi connectivity index (χ0) is 29.6. The molecule has 216 valence electrons. The topological polar surface area (TPSA) is 80.9 Å². The lowest BCUT2D eigenvalue weighted by molar-refractivity contribution is 0.0690. The maximum Gasteiger partial charge on any atom is 0.339 e. The number of aliphatic hydroxyl groups is 1. The molecular formula is C35H34ClNO5. The molecule has 0 aliphatic rings. The molecular weight excluding hydrogens is 550 g/mol. The van der Waals surface area contributed by atoms with Gasteiger partial charge in [0.2, 0.25) is 0 Å². The van der Waals surface area contributed by atoms with Gasteiger partial charge in [-0.2, -0.15) is 0 Å². The van der Waals surface area contributed by atoms with Crippen molar-refractivity contribution < 1.29 is 24.5 Å². The fourth-order valence-electron chi connectivity index (χ4n) is 5.51. The van der Waals surface area contributed by atoms with Gasteiger partial charge in [0.25, 0.3) is 0 Å². The van der Waals surface area contributed by atoms with Gasteiger partial charge in [-0.15, -0.1) is 0 Å². The Morgan fingerprint density at radius 3 is 2.14 bits per heavy atom. The fraction of sp³-hybridized carbons (Fsp3) is 0.229. The highest BCUT2D eigenvalue weighted by Gasteiger charge is 2.25. The van der Waals surface area contributed by atoms with E-state index in [2.05, 4.69) is 28.8 Å². The van der Waals surface area contributed by atoms with Gasteiger partial charge in [-0.1, -0.05) is 72.3 Å². The third-order valence-electron chi connectivity index (χ3n) is 7.19. The second-order valence-electron chi connectivity index (χ2n) is 10.4. The summed E-state index contributed by atoms with van der Waals surface area (Å²) in [7, 11) is 0. The van der Waals surface area contributed by atoms with Crippen LogP contribution in [0, 0.1) is 0 Å². The number of aromatic carboxylic acids is 1. The molecule has 1 aromatic heterocycles. The molecule has 4 aromatic carbocycles. The number of ether oxygens (including phenoxy) is 2. The van der Waals surface area contributed by atoms with Gasteiger partial charge < -0.3 is 24.3 Å². The smallest absolute Gasteiger partial charge is 0.339 e. The van der Waals surface area contributed by atoms with E-state index < -0.39 is 5.97 Å². The van der Waals surface area contributed by atoms with Crippen molar-refractivity contribution in [3.63, 3.8) is 0 Å². The van der Waals surface area contributed by atoms with Crippen LogP contribution in [0.5, 0.6) is 11.5 Å². The molecule has 5 aromatic rings. The van der Waals surface area contributed by atoms with Crippen LogP contribution in [0.3, 0.4) is 0 Å². The van der Waals surface area contributed by atoms with Gasteiger partial charge in [0.15, 0.2) is 0 Å². The molecule has 2 N–H and O–H groups in total. The number of hydrogen-bond acceptors (Lipinski definition) is 4. The predicted octanol–water partition coefficient (Wildman–Crippen LogP) is 7.57. The minimum Gasteiger partial charge on any atom is -0.493 e. The number of fused-ring (bicyclic) bond motifs is 1. The van der Waals surface area contributed by atoms with Gasteiger partial charge in [0.05, 0.1) is 18.8 Å². The summed E-state index contributed by atoms with van der Waals surface area (Å²) in [5.74, 6) is -0.262. The summed E-state index contributed by atoms with van der Waals surface area (Å²) in [5, 5.41) is 21.4. The monoisotopic (exact) mass is 583 g/mol. The average molecular weight is 584 g/mol. The Morgan fingerprint density at radius 1 is 0.881 bits per heavy atom.